The fourth-order valence-corrected chi connectivity index (χ4v) is 2.62. The quantitative estimate of drug-likeness (QED) is 0.688. The first-order valence-electron chi connectivity index (χ1n) is 6.13. The van der Waals surface area contributed by atoms with E-state index in [9.17, 15) is 0 Å². The molecule has 0 heterocycles. The third-order valence-electron chi connectivity index (χ3n) is 3.11. The lowest BCUT2D eigenvalue weighted by molar-refractivity contribution is 0.411. The molecule has 2 aromatic rings. The van der Waals surface area contributed by atoms with Crippen LogP contribution in [0.2, 0.25) is 0 Å². The number of hydrogen-bond acceptors (Lipinski definition) is 1. The van der Waals surface area contributed by atoms with Crippen LogP contribution in [0.5, 0.6) is 5.75 Å². The largest absolute Gasteiger partial charge is 0.496 e. The summed E-state index contributed by atoms with van der Waals surface area (Å²) in [6.07, 6.45) is 0.820. The maximum absolute atomic E-state index is 6.50. The van der Waals surface area contributed by atoms with E-state index in [1.165, 1.54) is 5.56 Å². The van der Waals surface area contributed by atoms with Gasteiger partial charge in [-0.2, -0.15) is 0 Å². The minimum absolute atomic E-state index is 0.0224. The average molecular weight is 340 g/mol. The molecule has 2 rings (SSSR count). The molecule has 100 valence electrons. The minimum atomic E-state index is -0.0224. The van der Waals surface area contributed by atoms with Crippen molar-refractivity contribution in [2.75, 3.05) is 7.11 Å². The zero-order valence-corrected chi connectivity index (χ0v) is 13.3. The molecule has 0 aliphatic heterocycles. The van der Waals surface area contributed by atoms with E-state index in [0.29, 0.717) is 0 Å². The van der Waals surface area contributed by atoms with E-state index in [0.717, 1.165) is 27.8 Å². The number of alkyl halides is 1. The van der Waals surface area contributed by atoms with Crippen molar-refractivity contribution < 1.29 is 4.74 Å². The third kappa shape index (κ3) is 3.74. The van der Waals surface area contributed by atoms with Crippen LogP contribution in [0.3, 0.4) is 0 Å². The van der Waals surface area contributed by atoms with Crippen LogP contribution < -0.4 is 4.74 Å². The molecule has 0 bridgehead atoms. The average Bonchev–Trinajstić information content (AvgIpc) is 2.41. The highest BCUT2D eigenvalue weighted by Gasteiger charge is 2.10. The van der Waals surface area contributed by atoms with Gasteiger partial charge in [-0.25, -0.2) is 0 Å². The van der Waals surface area contributed by atoms with Crippen molar-refractivity contribution in [2.45, 2.75) is 18.7 Å². The molecule has 0 amide bonds. The summed E-state index contributed by atoms with van der Waals surface area (Å²) in [6.45, 7) is 2.03. The fourth-order valence-electron chi connectivity index (χ4n) is 2.04. The Labute approximate surface area is 127 Å². The number of aryl methyl sites for hydroxylation is 1. The van der Waals surface area contributed by atoms with Crippen LogP contribution in [0, 0.1) is 6.92 Å². The molecule has 3 heteroatoms. The maximum atomic E-state index is 6.50. The van der Waals surface area contributed by atoms with Gasteiger partial charge >= 0.3 is 0 Å². The molecular weight excluding hydrogens is 324 g/mol. The Hall–Kier alpha value is -0.990. The van der Waals surface area contributed by atoms with Crippen molar-refractivity contribution in [3.63, 3.8) is 0 Å². The van der Waals surface area contributed by atoms with Gasteiger partial charge in [0, 0.05) is 4.47 Å². The Morgan fingerprint density at radius 3 is 2.42 bits per heavy atom. The number of ether oxygens (including phenoxy) is 1. The highest BCUT2D eigenvalue weighted by atomic mass is 79.9. The van der Waals surface area contributed by atoms with Crippen molar-refractivity contribution in [1.82, 2.24) is 0 Å². The van der Waals surface area contributed by atoms with Gasteiger partial charge in [0.15, 0.2) is 0 Å². The molecule has 1 atom stereocenters. The molecule has 1 nitrogen and oxygen atoms in total. The molecular formula is C16H16BrClO. The fraction of sp³-hybridized carbons (Fsp3) is 0.250. The summed E-state index contributed by atoms with van der Waals surface area (Å²) in [5, 5.41) is -0.0224. The molecule has 0 aliphatic carbocycles. The van der Waals surface area contributed by atoms with Crippen LogP contribution >= 0.6 is 27.5 Å². The highest BCUT2D eigenvalue weighted by Crippen LogP contribution is 2.29. The van der Waals surface area contributed by atoms with Crippen LogP contribution in [-0.4, -0.2) is 7.11 Å². The van der Waals surface area contributed by atoms with Gasteiger partial charge in [0.05, 0.1) is 12.5 Å². The Morgan fingerprint density at radius 1 is 1.16 bits per heavy atom. The molecule has 19 heavy (non-hydrogen) atoms. The number of benzene rings is 2. The van der Waals surface area contributed by atoms with E-state index in [4.69, 9.17) is 16.3 Å². The van der Waals surface area contributed by atoms with Crippen LogP contribution in [0.4, 0.5) is 0 Å². The van der Waals surface area contributed by atoms with Crippen LogP contribution in [-0.2, 0) is 6.42 Å². The molecule has 0 saturated carbocycles. The number of methoxy groups -OCH3 is 1. The van der Waals surface area contributed by atoms with Crippen molar-refractivity contribution in [2.24, 2.45) is 0 Å². The number of hydrogen-bond donors (Lipinski definition) is 0. The number of halogens is 2. The smallest absolute Gasteiger partial charge is 0.121 e. The van der Waals surface area contributed by atoms with Gasteiger partial charge in [-0.05, 0) is 48.2 Å². The summed E-state index contributed by atoms with van der Waals surface area (Å²) in [5.74, 6) is 0.899. The molecule has 2 aromatic carbocycles. The molecule has 0 aliphatic rings. The summed E-state index contributed by atoms with van der Waals surface area (Å²) < 4.78 is 6.35. The highest BCUT2D eigenvalue weighted by molar-refractivity contribution is 9.10. The van der Waals surface area contributed by atoms with Gasteiger partial charge in [-0.1, -0.05) is 40.2 Å². The second-order valence-electron chi connectivity index (χ2n) is 4.53. The summed E-state index contributed by atoms with van der Waals surface area (Å²) in [4.78, 5) is 0. The van der Waals surface area contributed by atoms with Gasteiger partial charge < -0.3 is 4.74 Å². The molecule has 1 unspecified atom stereocenters. The molecule has 0 spiro atoms. The van der Waals surface area contributed by atoms with Crippen molar-refractivity contribution in [3.8, 4) is 5.75 Å². The van der Waals surface area contributed by atoms with Crippen LogP contribution in [0.25, 0.3) is 0 Å². The summed E-state index contributed by atoms with van der Waals surface area (Å²) in [5.41, 5.74) is 3.47. The van der Waals surface area contributed by atoms with Gasteiger partial charge in [0.2, 0.25) is 0 Å². The van der Waals surface area contributed by atoms with Gasteiger partial charge in [0.25, 0.3) is 0 Å². The Balaban J connectivity index is 2.13. The van der Waals surface area contributed by atoms with E-state index >= 15 is 0 Å². The van der Waals surface area contributed by atoms with Gasteiger partial charge in [0.1, 0.15) is 5.75 Å². The van der Waals surface area contributed by atoms with E-state index < -0.39 is 0 Å². The summed E-state index contributed by atoms with van der Waals surface area (Å²) in [7, 11) is 1.68. The zero-order valence-electron chi connectivity index (χ0n) is 11.0. The first-order chi connectivity index (χ1) is 9.10. The van der Waals surface area contributed by atoms with Crippen LogP contribution in [0.15, 0.2) is 46.9 Å². The van der Waals surface area contributed by atoms with E-state index in [2.05, 4.69) is 34.1 Å². The summed E-state index contributed by atoms with van der Waals surface area (Å²) >= 11 is 9.93. The van der Waals surface area contributed by atoms with Crippen LogP contribution in [0.1, 0.15) is 22.1 Å². The second kappa shape index (κ2) is 6.44. The van der Waals surface area contributed by atoms with E-state index in [1.807, 2.05) is 31.2 Å². The van der Waals surface area contributed by atoms with Gasteiger partial charge in [-0.3, -0.25) is 0 Å². The minimum Gasteiger partial charge on any atom is -0.496 e. The SMILES string of the molecule is COc1ccc(C(Cl)Cc2ccc(Br)cc2)cc1C. The third-order valence-corrected chi connectivity index (χ3v) is 4.04. The molecule has 0 fully saturated rings. The Bertz CT molecular complexity index is 551. The molecule has 0 N–H and O–H groups in total. The lowest BCUT2D eigenvalue weighted by Gasteiger charge is -2.12. The van der Waals surface area contributed by atoms with E-state index in [-0.39, 0.29) is 5.38 Å². The second-order valence-corrected chi connectivity index (χ2v) is 5.97. The van der Waals surface area contributed by atoms with Gasteiger partial charge in [-0.15, -0.1) is 11.6 Å². The molecule has 0 aromatic heterocycles. The van der Waals surface area contributed by atoms with Crippen molar-refractivity contribution in [3.05, 3.63) is 63.6 Å². The lowest BCUT2D eigenvalue weighted by Crippen LogP contribution is -1.97. The van der Waals surface area contributed by atoms with E-state index in [1.54, 1.807) is 7.11 Å². The molecule has 0 radical (unpaired) electrons. The Morgan fingerprint density at radius 2 is 1.84 bits per heavy atom. The normalized spacial score (nSPS) is 12.2. The summed E-state index contributed by atoms with van der Waals surface area (Å²) in [6, 6.07) is 14.4. The Kier molecular flexibility index (Phi) is 4.89. The van der Waals surface area contributed by atoms with Crippen molar-refractivity contribution in [1.29, 1.82) is 0 Å². The number of rotatable bonds is 4. The predicted octanol–water partition coefficient (Wildman–Crippen LogP) is 5.29. The molecule has 0 saturated heterocycles. The first-order valence-corrected chi connectivity index (χ1v) is 7.36. The standard InChI is InChI=1S/C16H16BrClO/c1-11-9-13(5-8-16(11)19-2)15(18)10-12-3-6-14(17)7-4-12/h3-9,15H,10H2,1-2H3. The maximum Gasteiger partial charge on any atom is 0.121 e. The van der Waals surface area contributed by atoms with Crippen molar-refractivity contribution >= 4 is 27.5 Å². The lowest BCUT2D eigenvalue weighted by atomic mass is 10.0. The monoisotopic (exact) mass is 338 g/mol. The first kappa shape index (κ1) is 14.4. The predicted molar refractivity (Wildman–Crippen MR) is 84.2 cm³/mol. The topological polar surface area (TPSA) is 9.23 Å². The zero-order chi connectivity index (χ0) is 13.8.